The highest BCUT2D eigenvalue weighted by molar-refractivity contribution is 8.00. The Hall–Kier alpha value is -4.45. The molecule has 2 N–H and O–H groups in total. The molecule has 3 saturated heterocycles. The molecule has 5 amide bonds. The summed E-state index contributed by atoms with van der Waals surface area (Å²) in [6.45, 7) is 11.0. The van der Waals surface area contributed by atoms with Crippen molar-refractivity contribution in [1.82, 2.24) is 15.1 Å². The lowest BCUT2D eigenvalue weighted by atomic mass is 9.79. The predicted molar refractivity (Wildman–Crippen MR) is 266 cm³/mol. The number of ketones is 1. The number of anilines is 1. The van der Waals surface area contributed by atoms with Gasteiger partial charge in [0.15, 0.2) is 0 Å². The van der Waals surface area contributed by atoms with E-state index in [1.807, 2.05) is 32.9 Å². The molecule has 1 aromatic rings. The predicted octanol–water partition coefficient (Wildman–Crippen LogP) is 7.44. The number of likely N-dealkylation sites (N-methyl/N-ethyl adjacent to an activating group) is 1. The number of ether oxygens (including phenoxy) is 4. The van der Waals surface area contributed by atoms with Crippen LogP contribution in [0.1, 0.15) is 120 Å². The number of esters is 1. The maximum Gasteiger partial charge on any atom is 0.409 e. The summed E-state index contributed by atoms with van der Waals surface area (Å²) in [6, 6.07) is 2.48. The van der Waals surface area contributed by atoms with Gasteiger partial charge in [0.1, 0.15) is 46.1 Å². The summed E-state index contributed by atoms with van der Waals surface area (Å²) >= 11 is 8.05. The number of amides is 5. The fraction of sp³-hybridized carbons (Fsp3) is 0.667. The fourth-order valence-electron chi connectivity index (χ4n) is 9.78. The van der Waals surface area contributed by atoms with Gasteiger partial charge in [-0.1, -0.05) is 71.0 Å². The third kappa shape index (κ3) is 12.9. The molecular weight excluding hydrogens is 928 g/mol. The number of carbonyl (C=O) groups is 7. The van der Waals surface area contributed by atoms with Crippen LogP contribution in [-0.4, -0.2) is 131 Å². The zero-order chi connectivity index (χ0) is 49.1. The van der Waals surface area contributed by atoms with E-state index in [4.69, 9.17) is 30.5 Å². The first-order valence-corrected chi connectivity index (χ1v) is 24.8. The number of methoxy groups -OCH3 is 1. The fourth-order valence-corrected chi connectivity index (χ4v) is 11.2. The van der Waals surface area contributed by atoms with Crippen molar-refractivity contribution in [3.05, 3.63) is 46.5 Å². The van der Waals surface area contributed by atoms with Crippen molar-refractivity contribution < 1.29 is 57.6 Å². The number of carbonyl (C=O) groups excluding carboxylic acids is 7. The number of hydrogen-bond acceptors (Lipinski definition) is 13. The van der Waals surface area contributed by atoms with Gasteiger partial charge in [0.25, 0.3) is 0 Å². The van der Waals surface area contributed by atoms with E-state index >= 15 is 0 Å². The number of Topliss-reactive ketones (excluding diaryl/α,β-unsaturated/α-hetero) is 1. The van der Waals surface area contributed by atoms with Crippen LogP contribution in [0.15, 0.2) is 35.9 Å². The number of nitrogens with one attached hydrogen (secondary N) is 1. The Morgan fingerprint density at radius 1 is 1.07 bits per heavy atom. The lowest BCUT2D eigenvalue weighted by molar-refractivity contribution is -0.162. The van der Waals surface area contributed by atoms with Crippen LogP contribution in [0.2, 0.25) is 5.02 Å². The number of aliphatic hydroxyl groups is 1. The van der Waals surface area contributed by atoms with Gasteiger partial charge in [0.05, 0.1) is 30.6 Å². The van der Waals surface area contributed by atoms with E-state index in [0.29, 0.717) is 30.8 Å². The van der Waals surface area contributed by atoms with Crippen molar-refractivity contribution in [1.29, 1.82) is 0 Å². The van der Waals surface area contributed by atoms with Crippen LogP contribution >= 0.6 is 23.4 Å². The van der Waals surface area contributed by atoms with Crippen molar-refractivity contribution in [2.45, 2.75) is 162 Å². The Morgan fingerprint density at radius 2 is 1.75 bits per heavy atom. The molecule has 1 saturated carbocycles. The molecule has 9 atom stereocenters. The van der Waals surface area contributed by atoms with Gasteiger partial charge in [0, 0.05) is 69.8 Å². The molecule has 384 valence electrons. The molecule has 1 aromatic carbocycles. The second-order valence-electron chi connectivity index (χ2n) is 19.2. The highest BCUT2D eigenvalue weighted by Gasteiger charge is 2.64. The first-order valence-electron chi connectivity index (χ1n) is 23.4. The second-order valence-corrected chi connectivity index (χ2v) is 20.9. The molecule has 5 aliphatic rings. The zero-order valence-electron chi connectivity index (χ0n) is 40.1. The summed E-state index contributed by atoms with van der Waals surface area (Å²) in [6.07, 6.45) is 5.86. The number of imide groups is 1. The van der Waals surface area contributed by atoms with Gasteiger partial charge in [-0.25, -0.2) is 9.59 Å². The molecule has 6 rings (SSSR count). The van der Waals surface area contributed by atoms with E-state index in [1.54, 1.807) is 39.1 Å². The molecule has 4 bridgehead atoms. The molecule has 0 aromatic heterocycles. The Morgan fingerprint density at radius 3 is 2.41 bits per heavy atom. The number of epoxide rings is 1. The lowest BCUT2D eigenvalue weighted by Gasteiger charge is -2.41. The number of alkyl carbamates (subject to hydrolysis) is 1. The lowest BCUT2D eigenvalue weighted by Crippen LogP contribution is -2.60. The maximum absolute atomic E-state index is 14.3. The molecule has 0 spiro atoms. The number of likely N-dealkylation sites (tertiary alicyclic amines) is 1. The van der Waals surface area contributed by atoms with E-state index in [0.717, 1.165) is 36.8 Å². The van der Waals surface area contributed by atoms with Gasteiger partial charge in [-0.2, -0.15) is 0 Å². The third-order valence-electron chi connectivity index (χ3n) is 14.6. The van der Waals surface area contributed by atoms with E-state index in [1.165, 1.54) is 47.5 Å². The quantitative estimate of drug-likeness (QED) is 0.119. The summed E-state index contributed by atoms with van der Waals surface area (Å²) in [5, 5.41) is 14.0. The first kappa shape index (κ1) is 57.1. The summed E-state index contributed by atoms with van der Waals surface area (Å²) in [5.41, 5.74) is -0.787. The minimum absolute atomic E-state index is 0. The van der Waals surface area contributed by atoms with Crippen LogP contribution in [0.3, 0.4) is 0 Å². The number of fused-ring (bicyclic) bond motifs is 5. The SMILES string of the molecule is C.C.CCC(=O)C1CCC(CN2C(=O)CC(SCCC(=O)N(C)[C@@H](C)C(=O)O[C@H]3CC(=O)N(C)c4cc(cc(OC)c4Cl)C/C(C)=C/C=C/[C@@H](C)[C@@]4(O)C[C@H](OC(=O)N4)[C@@H](C)[C@@H]4O[C@@]34C)C2=O)CC1. The molecule has 69 heavy (non-hydrogen) atoms. The number of benzene rings is 1. The van der Waals surface area contributed by atoms with Gasteiger partial charge < -0.3 is 33.9 Å². The zero-order valence-corrected chi connectivity index (χ0v) is 41.7. The van der Waals surface area contributed by atoms with Crippen LogP contribution < -0.4 is 15.0 Å². The summed E-state index contributed by atoms with van der Waals surface area (Å²) in [4.78, 5) is 97.2. The van der Waals surface area contributed by atoms with Crippen LogP contribution in [0.4, 0.5) is 10.5 Å². The summed E-state index contributed by atoms with van der Waals surface area (Å²) < 4.78 is 23.8. The van der Waals surface area contributed by atoms with Gasteiger partial charge in [-0.05, 0) is 76.5 Å². The monoisotopic (exact) mass is 1000 g/mol. The van der Waals surface area contributed by atoms with Crippen LogP contribution in [0.25, 0.3) is 0 Å². The minimum atomic E-state index is -1.66. The molecular formula is C51H75ClN4O12S. The van der Waals surface area contributed by atoms with Crippen LogP contribution in [-0.2, 0) is 49.4 Å². The summed E-state index contributed by atoms with van der Waals surface area (Å²) in [7, 11) is 4.52. The number of thioether (sulfide) groups is 1. The Bertz CT molecular complexity index is 2160. The molecule has 1 aliphatic carbocycles. The van der Waals surface area contributed by atoms with Crippen LogP contribution in [0, 0.1) is 23.7 Å². The second kappa shape index (κ2) is 23.6. The maximum atomic E-state index is 14.3. The van der Waals surface area contributed by atoms with E-state index in [2.05, 4.69) is 5.32 Å². The highest BCUT2D eigenvalue weighted by Crippen LogP contribution is 2.49. The average Bonchev–Trinajstić information content (AvgIpc) is 3.92. The van der Waals surface area contributed by atoms with E-state index in [-0.39, 0.29) is 80.7 Å². The van der Waals surface area contributed by atoms with Gasteiger partial charge in [-0.15, -0.1) is 11.8 Å². The third-order valence-corrected chi connectivity index (χ3v) is 16.2. The molecule has 0 radical (unpaired) electrons. The molecule has 18 heteroatoms. The highest BCUT2D eigenvalue weighted by atomic mass is 35.5. The van der Waals surface area contributed by atoms with Crippen molar-refractivity contribution in [2.75, 3.05) is 38.4 Å². The Kier molecular flexibility index (Phi) is 19.6. The van der Waals surface area contributed by atoms with Gasteiger partial charge in [-0.3, -0.25) is 34.2 Å². The van der Waals surface area contributed by atoms with Crippen LogP contribution in [0.5, 0.6) is 5.75 Å². The molecule has 1 unspecified atom stereocenters. The Labute approximate surface area is 417 Å². The van der Waals surface area contributed by atoms with Crippen molar-refractivity contribution >= 4 is 70.5 Å². The molecule has 4 heterocycles. The van der Waals surface area contributed by atoms with Gasteiger partial charge >= 0.3 is 12.1 Å². The minimum Gasteiger partial charge on any atom is -0.495 e. The smallest absolute Gasteiger partial charge is 0.409 e. The van der Waals surface area contributed by atoms with Crippen molar-refractivity contribution in [3.8, 4) is 5.75 Å². The number of allylic oxidation sites excluding steroid dienone is 3. The normalized spacial score (nSPS) is 32.1. The number of hydrogen-bond donors (Lipinski definition) is 2. The van der Waals surface area contributed by atoms with Gasteiger partial charge in [0.2, 0.25) is 23.6 Å². The molecule has 4 fully saturated rings. The number of halogens is 1. The van der Waals surface area contributed by atoms with E-state index in [9.17, 15) is 38.7 Å². The first-order chi connectivity index (χ1) is 31.6. The van der Waals surface area contributed by atoms with Crippen molar-refractivity contribution in [3.63, 3.8) is 0 Å². The summed E-state index contributed by atoms with van der Waals surface area (Å²) in [5.74, 6) is -2.12. The van der Waals surface area contributed by atoms with Crippen molar-refractivity contribution in [2.24, 2.45) is 23.7 Å². The number of rotatable bonds is 12. The molecule has 16 nitrogen and oxygen atoms in total. The van der Waals surface area contributed by atoms with E-state index < -0.39 is 76.6 Å². The number of nitrogens with zero attached hydrogens (tertiary/aromatic N) is 3. The average molecular weight is 1000 g/mol. The largest absolute Gasteiger partial charge is 0.495 e. The standard InChI is InChI=1S/C49H67ClN4O12S.2CH4/c1-10-35(55)33-16-14-31(15-17-33)26-54-42(58)23-38(45(54)59)67-19-18-40(56)52(7)30(5)46(60)65-39-24-41(57)53(8)34-21-32(22-36(63-9)43(34)50)20-27(2)12-11-13-28(3)49(62)25-37(64-47(61)51-49)29(4)44-48(39,6)66-44;;/h11-13,21-22,28-31,33,37-39,44,62H,10,14-20,23-26H2,1-9H3,(H,51,61);2*1H4/b13-11+,27-12+;;/t28-,29-,30+,31?,33?,37+,38?,39+,44+,48+,49+;;/m1../s1. The topological polar surface area (TPSA) is 202 Å². The molecule has 4 aliphatic heterocycles. The Balaban J connectivity index is 0.00000518.